The highest BCUT2D eigenvalue weighted by molar-refractivity contribution is 5.40. The average molecular weight is 263 g/mol. The van der Waals surface area contributed by atoms with Gasteiger partial charge in [-0.25, -0.2) is 4.98 Å². The summed E-state index contributed by atoms with van der Waals surface area (Å²) in [4.78, 5) is 4.60. The Balaban J connectivity index is 1.37. The van der Waals surface area contributed by atoms with E-state index in [0.29, 0.717) is 5.92 Å². The third-order valence-electron chi connectivity index (χ3n) is 4.07. The van der Waals surface area contributed by atoms with Crippen molar-refractivity contribution in [1.82, 2.24) is 14.7 Å². The van der Waals surface area contributed by atoms with Gasteiger partial charge in [0.25, 0.3) is 0 Å². The number of imidazole rings is 1. The van der Waals surface area contributed by atoms with E-state index in [1.165, 1.54) is 17.5 Å². The molecule has 0 radical (unpaired) electrons. The Kier molecular flexibility index (Phi) is 2.78. The van der Waals surface area contributed by atoms with Crippen LogP contribution in [0.4, 0.5) is 0 Å². The SMILES string of the molecule is c1ccc2c(c1)CC2CNCc1cn2ccccc2n1. The maximum atomic E-state index is 4.60. The topological polar surface area (TPSA) is 29.3 Å². The summed E-state index contributed by atoms with van der Waals surface area (Å²) >= 11 is 0. The number of hydrogen-bond acceptors (Lipinski definition) is 2. The quantitative estimate of drug-likeness (QED) is 0.784. The predicted molar refractivity (Wildman–Crippen MR) is 79.8 cm³/mol. The molecule has 0 spiro atoms. The molecule has 1 aromatic carbocycles. The molecular weight excluding hydrogens is 246 g/mol. The summed E-state index contributed by atoms with van der Waals surface area (Å²) in [6, 6.07) is 14.8. The molecule has 100 valence electrons. The zero-order valence-corrected chi connectivity index (χ0v) is 11.3. The second kappa shape index (κ2) is 4.76. The highest BCUT2D eigenvalue weighted by Gasteiger charge is 2.24. The van der Waals surface area contributed by atoms with Gasteiger partial charge in [0.2, 0.25) is 0 Å². The fraction of sp³-hybridized carbons (Fsp3) is 0.235. The van der Waals surface area contributed by atoms with E-state index in [-0.39, 0.29) is 0 Å². The molecule has 1 aliphatic carbocycles. The number of nitrogens with zero attached hydrogens (tertiary/aromatic N) is 2. The summed E-state index contributed by atoms with van der Waals surface area (Å²) < 4.78 is 2.07. The molecule has 0 saturated carbocycles. The van der Waals surface area contributed by atoms with Crippen molar-refractivity contribution >= 4 is 5.65 Å². The Hall–Kier alpha value is -2.13. The number of rotatable bonds is 4. The van der Waals surface area contributed by atoms with Crippen molar-refractivity contribution in [3.05, 3.63) is 71.7 Å². The van der Waals surface area contributed by atoms with Gasteiger partial charge in [0.05, 0.1) is 5.69 Å². The van der Waals surface area contributed by atoms with Gasteiger partial charge in [-0.05, 0) is 29.7 Å². The van der Waals surface area contributed by atoms with Crippen LogP contribution < -0.4 is 5.32 Å². The monoisotopic (exact) mass is 263 g/mol. The van der Waals surface area contributed by atoms with Gasteiger partial charge in [-0.1, -0.05) is 30.3 Å². The molecule has 0 aliphatic heterocycles. The van der Waals surface area contributed by atoms with E-state index in [1.54, 1.807) is 0 Å². The summed E-state index contributed by atoms with van der Waals surface area (Å²) in [5, 5.41) is 3.53. The molecule has 2 aromatic heterocycles. The van der Waals surface area contributed by atoms with Gasteiger partial charge < -0.3 is 9.72 Å². The Morgan fingerprint density at radius 3 is 2.95 bits per heavy atom. The van der Waals surface area contributed by atoms with Gasteiger partial charge in [-0.3, -0.25) is 0 Å². The molecule has 0 amide bonds. The number of pyridine rings is 1. The van der Waals surface area contributed by atoms with Gasteiger partial charge in [0, 0.05) is 31.4 Å². The van der Waals surface area contributed by atoms with Crippen LogP contribution >= 0.6 is 0 Å². The third-order valence-corrected chi connectivity index (χ3v) is 4.07. The lowest BCUT2D eigenvalue weighted by Crippen LogP contribution is -2.28. The van der Waals surface area contributed by atoms with Crippen molar-refractivity contribution in [2.75, 3.05) is 6.54 Å². The Morgan fingerprint density at radius 2 is 2.05 bits per heavy atom. The highest BCUT2D eigenvalue weighted by atomic mass is 15.0. The molecule has 3 nitrogen and oxygen atoms in total. The lowest BCUT2D eigenvalue weighted by atomic mass is 9.77. The Bertz CT molecular complexity index is 712. The van der Waals surface area contributed by atoms with E-state index >= 15 is 0 Å². The summed E-state index contributed by atoms with van der Waals surface area (Å²) in [7, 11) is 0. The number of benzene rings is 1. The first-order chi connectivity index (χ1) is 9.90. The molecule has 1 N–H and O–H groups in total. The lowest BCUT2D eigenvalue weighted by Gasteiger charge is -2.30. The van der Waals surface area contributed by atoms with Crippen molar-refractivity contribution in [1.29, 1.82) is 0 Å². The van der Waals surface area contributed by atoms with Gasteiger partial charge in [0.15, 0.2) is 0 Å². The molecule has 0 fully saturated rings. The van der Waals surface area contributed by atoms with Gasteiger partial charge >= 0.3 is 0 Å². The maximum absolute atomic E-state index is 4.60. The Labute approximate surface area is 118 Å². The average Bonchev–Trinajstić information content (AvgIpc) is 2.86. The lowest BCUT2D eigenvalue weighted by molar-refractivity contribution is 0.533. The molecule has 20 heavy (non-hydrogen) atoms. The van der Waals surface area contributed by atoms with Crippen LogP contribution in [0.5, 0.6) is 0 Å². The zero-order valence-electron chi connectivity index (χ0n) is 11.3. The molecule has 2 heterocycles. The van der Waals surface area contributed by atoms with Crippen LogP contribution in [0, 0.1) is 0 Å². The van der Waals surface area contributed by atoms with Crippen LogP contribution in [0.15, 0.2) is 54.9 Å². The van der Waals surface area contributed by atoms with E-state index < -0.39 is 0 Å². The minimum absolute atomic E-state index is 0.670. The normalized spacial score (nSPS) is 16.9. The van der Waals surface area contributed by atoms with E-state index in [9.17, 15) is 0 Å². The smallest absolute Gasteiger partial charge is 0.137 e. The molecule has 3 aromatic rings. The molecule has 3 heteroatoms. The molecule has 0 saturated heterocycles. The summed E-state index contributed by atoms with van der Waals surface area (Å²) in [6.45, 7) is 1.87. The second-order valence-corrected chi connectivity index (χ2v) is 5.43. The summed E-state index contributed by atoms with van der Waals surface area (Å²) in [5.41, 5.74) is 5.13. The minimum Gasteiger partial charge on any atom is -0.310 e. The first kappa shape index (κ1) is 11.7. The van der Waals surface area contributed by atoms with E-state index in [1.807, 2.05) is 24.4 Å². The fourth-order valence-corrected chi connectivity index (χ4v) is 2.99. The standard InChI is InChI=1S/C17H17N3/c1-2-6-16-13(5-1)9-14(16)10-18-11-15-12-20-8-4-3-7-17(20)19-15/h1-8,12,14,18H,9-11H2. The van der Waals surface area contributed by atoms with Gasteiger partial charge in [0.1, 0.15) is 5.65 Å². The molecular formula is C17H17N3. The molecule has 1 atom stereocenters. The predicted octanol–water partition coefficient (Wildman–Crippen LogP) is 2.76. The second-order valence-electron chi connectivity index (χ2n) is 5.43. The summed E-state index contributed by atoms with van der Waals surface area (Å²) in [5.74, 6) is 0.670. The zero-order chi connectivity index (χ0) is 13.4. The molecule has 4 rings (SSSR count). The van der Waals surface area contributed by atoms with E-state index in [4.69, 9.17) is 0 Å². The molecule has 0 bridgehead atoms. The Morgan fingerprint density at radius 1 is 1.15 bits per heavy atom. The van der Waals surface area contributed by atoms with E-state index in [2.05, 4.69) is 45.2 Å². The van der Waals surface area contributed by atoms with Crippen LogP contribution in [0.2, 0.25) is 0 Å². The molecule has 1 aliphatic rings. The van der Waals surface area contributed by atoms with Crippen molar-refractivity contribution in [3.8, 4) is 0 Å². The van der Waals surface area contributed by atoms with Crippen LogP contribution in [-0.4, -0.2) is 15.9 Å². The van der Waals surface area contributed by atoms with Crippen LogP contribution in [0.1, 0.15) is 22.7 Å². The third kappa shape index (κ3) is 2.00. The number of fused-ring (bicyclic) bond motifs is 2. The van der Waals surface area contributed by atoms with E-state index in [0.717, 1.165) is 24.4 Å². The van der Waals surface area contributed by atoms with Crippen molar-refractivity contribution in [3.63, 3.8) is 0 Å². The minimum atomic E-state index is 0.670. The van der Waals surface area contributed by atoms with Crippen molar-refractivity contribution in [2.24, 2.45) is 0 Å². The fourth-order valence-electron chi connectivity index (χ4n) is 2.99. The van der Waals surface area contributed by atoms with Crippen molar-refractivity contribution in [2.45, 2.75) is 18.9 Å². The largest absolute Gasteiger partial charge is 0.310 e. The van der Waals surface area contributed by atoms with Crippen LogP contribution in [0.25, 0.3) is 5.65 Å². The van der Waals surface area contributed by atoms with Gasteiger partial charge in [-0.2, -0.15) is 0 Å². The van der Waals surface area contributed by atoms with Crippen LogP contribution in [-0.2, 0) is 13.0 Å². The van der Waals surface area contributed by atoms with Gasteiger partial charge in [-0.15, -0.1) is 0 Å². The first-order valence-corrected chi connectivity index (χ1v) is 7.11. The maximum Gasteiger partial charge on any atom is 0.137 e. The molecule has 1 unspecified atom stereocenters. The number of aromatic nitrogens is 2. The highest BCUT2D eigenvalue weighted by Crippen LogP contribution is 2.33. The number of hydrogen-bond donors (Lipinski definition) is 1. The summed E-state index contributed by atoms with van der Waals surface area (Å²) in [6.07, 6.45) is 5.33. The van der Waals surface area contributed by atoms with Crippen molar-refractivity contribution < 1.29 is 0 Å². The van der Waals surface area contributed by atoms with Crippen LogP contribution in [0.3, 0.4) is 0 Å². The number of nitrogens with one attached hydrogen (secondary N) is 1. The first-order valence-electron chi connectivity index (χ1n) is 7.11.